The summed E-state index contributed by atoms with van der Waals surface area (Å²) in [7, 11) is 0. The number of rotatable bonds is 5. The van der Waals surface area contributed by atoms with Gasteiger partial charge < -0.3 is 10.2 Å². The minimum Gasteiger partial charge on any atom is -0.396 e. The van der Waals surface area contributed by atoms with Crippen molar-refractivity contribution < 1.29 is 10.2 Å². The van der Waals surface area contributed by atoms with Crippen LogP contribution >= 0.6 is 0 Å². The molecule has 2 nitrogen and oxygen atoms in total. The highest BCUT2D eigenvalue weighted by Crippen LogP contribution is 2.53. The first-order chi connectivity index (χ1) is 17.3. The zero-order valence-corrected chi connectivity index (χ0v) is 19.5. The van der Waals surface area contributed by atoms with Crippen LogP contribution in [0.1, 0.15) is 24.0 Å². The number of aliphatic hydroxyl groups excluding tert-OH is 2. The molecule has 1 unspecified atom stereocenters. The van der Waals surface area contributed by atoms with Gasteiger partial charge in [0.15, 0.2) is 0 Å². The summed E-state index contributed by atoms with van der Waals surface area (Å²) in [5.74, 6) is 0. The predicted octanol–water partition coefficient (Wildman–Crippen LogP) is 7.19. The van der Waals surface area contributed by atoms with E-state index >= 15 is 0 Å². The molecule has 0 saturated heterocycles. The van der Waals surface area contributed by atoms with E-state index in [-0.39, 0.29) is 13.2 Å². The lowest BCUT2D eigenvalue weighted by molar-refractivity contribution is 0.197. The summed E-state index contributed by atoms with van der Waals surface area (Å²) in [6.07, 6.45) is 1.37. The van der Waals surface area contributed by atoms with Gasteiger partial charge in [-0.3, -0.25) is 0 Å². The van der Waals surface area contributed by atoms with Gasteiger partial charge in [-0.05, 0) is 85.3 Å². The standard InChI is InChI=1S/C33H26O2/c34-18-6-17-33(20-35)30-12-4-3-9-25(30)26-14-13-21(19-31(26)33)22-15-16-29-24-8-2-1-7-23(24)28-11-5-10-27(22)32(28)29/h1-5,7-16,19,34-35H,6,17-18,20H2. The third-order valence-electron chi connectivity index (χ3n) is 8.16. The maximum absolute atomic E-state index is 10.8. The van der Waals surface area contributed by atoms with Gasteiger partial charge in [-0.2, -0.15) is 0 Å². The van der Waals surface area contributed by atoms with Gasteiger partial charge in [0.05, 0.1) is 6.61 Å². The van der Waals surface area contributed by atoms with Crippen molar-refractivity contribution in [1.82, 2.24) is 0 Å². The van der Waals surface area contributed by atoms with E-state index < -0.39 is 5.41 Å². The van der Waals surface area contributed by atoms with Crippen LogP contribution in [0.4, 0.5) is 0 Å². The summed E-state index contributed by atoms with van der Waals surface area (Å²) in [6.45, 7) is 0.147. The van der Waals surface area contributed by atoms with Gasteiger partial charge in [0, 0.05) is 12.0 Å². The van der Waals surface area contributed by atoms with E-state index in [0.717, 1.165) is 5.56 Å². The minimum atomic E-state index is -0.490. The van der Waals surface area contributed by atoms with E-state index in [1.165, 1.54) is 60.8 Å². The number of hydrogen-bond donors (Lipinski definition) is 2. The molecule has 0 fully saturated rings. The maximum atomic E-state index is 10.8. The van der Waals surface area contributed by atoms with E-state index in [1.807, 2.05) is 0 Å². The molecule has 0 saturated carbocycles. The Balaban J connectivity index is 1.46. The average Bonchev–Trinajstić information content (AvgIpc) is 3.39. The lowest BCUT2D eigenvalue weighted by atomic mass is 9.74. The van der Waals surface area contributed by atoms with E-state index in [4.69, 9.17) is 0 Å². The van der Waals surface area contributed by atoms with E-state index in [0.29, 0.717) is 12.8 Å². The van der Waals surface area contributed by atoms with Crippen molar-refractivity contribution in [3.05, 3.63) is 108 Å². The second-order valence-corrected chi connectivity index (χ2v) is 9.81. The number of aliphatic hydroxyl groups is 2. The zero-order valence-electron chi connectivity index (χ0n) is 19.5. The third-order valence-corrected chi connectivity index (χ3v) is 8.16. The van der Waals surface area contributed by atoms with Crippen LogP contribution in [-0.2, 0) is 5.41 Å². The second-order valence-electron chi connectivity index (χ2n) is 9.81. The molecule has 0 amide bonds. The largest absolute Gasteiger partial charge is 0.396 e. The van der Waals surface area contributed by atoms with Crippen LogP contribution < -0.4 is 0 Å². The van der Waals surface area contributed by atoms with Crippen molar-refractivity contribution in [2.45, 2.75) is 18.3 Å². The molecule has 35 heavy (non-hydrogen) atoms. The van der Waals surface area contributed by atoms with Crippen molar-refractivity contribution >= 4 is 10.8 Å². The van der Waals surface area contributed by atoms with Crippen LogP contribution in [-0.4, -0.2) is 23.4 Å². The summed E-state index contributed by atoms with van der Waals surface area (Å²) in [5.41, 5.74) is 11.8. The molecule has 5 aromatic rings. The van der Waals surface area contributed by atoms with Gasteiger partial charge in [0.2, 0.25) is 0 Å². The highest BCUT2D eigenvalue weighted by Gasteiger charge is 2.42. The SMILES string of the molecule is OCCCC1(CO)c2ccccc2-c2ccc(-c3ccc4c5c(cccc35)-c3ccccc3-4)cc21. The molecule has 0 aliphatic heterocycles. The Morgan fingerprint density at radius 1 is 0.543 bits per heavy atom. The van der Waals surface area contributed by atoms with Gasteiger partial charge >= 0.3 is 0 Å². The molecular weight excluding hydrogens is 428 g/mol. The van der Waals surface area contributed by atoms with Gasteiger partial charge in [0.1, 0.15) is 0 Å². The van der Waals surface area contributed by atoms with Crippen LogP contribution in [0.5, 0.6) is 0 Å². The van der Waals surface area contributed by atoms with Crippen LogP contribution in [0, 0.1) is 0 Å². The molecule has 0 aromatic heterocycles. The molecule has 1 atom stereocenters. The molecule has 2 aliphatic rings. The van der Waals surface area contributed by atoms with Gasteiger partial charge in [-0.25, -0.2) is 0 Å². The predicted molar refractivity (Wildman–Crippen MR) is 143 cm³/mol. The van der Waals surface area contributed by atoms with Gasteiger partial charge in [-0.15, -0.1) is 0 Å². The Hall–Kier alpha value is -3.72. The Morgan fingerprint density at radius 3 is 1.94 bits per heavy atom. The molecule has 0 radical (unpaired) electrons. The van der Waals surface area contributed by atoms with Crippen LogP contribution in [0.15, 0.2) is 97.1 Å². The summed E-state index contributed by atoms with van der Waals surface area (Å²) in [5, 5.41) is 23.0. The van der Waals surface area contributed by atoms with E-state index in [2.05, 4.69) is 97.1 Å². The van der Waals surface area contributed by atoms with E-state index in [9.17, 15) is 10.2 Å². The Kier molecular flexibility index (Phi) is 4.51. The first-order valence-electron chi connectivity index (χ1n) is 12.4. The zero-order chi connectivity index (χ0) is 23.6. The van der Waals surface area contributed by atoms with Crippen LogP contribution in [0.2, 0.25) is 0 Å². The van der Waals surface area contributed by atoms with Crippen molar-refractivity contribution in [2.24, 2.45) is 0 Å². The van der Waals surface area contributed by atoms with Crippen LogP contribution in [0.3, 0.4) is 0 Å². The van der Waals surface area contributed by atoms with Crippen molar-refractivity contribution in [3.63, 3.8) is 0 Å². The smallest absolute Gasteiger partial charge is 0.0569 e. The fourth-order valence-electron chi connectivity index (χ4n) is 6.58. The molecule has 170 valence electrons. The molecule has 2 N–H and O–H groups in total. The van der Waals surface area contributed by atoms with E-state index in [1.54, 1.807) is 0 Å². The highest BCUT2D eigenvalue weighted by molar-refractivity contribution is 6.18. The Morgan fingerprint density at radius 2 is 1.17 bits per heavy atom. The quantitative estimate of drug-likeness (QED) is 0.289. The summed E-state index contributed by atoms with van der Waals surface area (Å²) < 4.78 is 0. The second kappa shape index (κ2) is 7.64. The first kappa shape index (κ1) is 20.6. The molecule has 0 heterocycles. The maximum Gasteiger partial charge on any atom is 0.0569 e. The fraction of sp³-hybridized carbons (Fsp3) is 0.152. The first-order valence-corrected chi connectivity index (χ1v) is 12.4. The molecule has 7 rings (SSSR count). The van der Waals surface area contributed by atoms with Crippen LogP contribution in [0.25, 0.3) is 55.3 Å². The topological polar surface area (TPSA) is 40.5 Å². The van der Waals surface area contributed by atoms with Gasteiger partial charge in [0.25, 0.3) is 0 Å². The minimum absolute atomic E-state index is 0.0274. The lowest BCUT2D eigenvalue weighted by Crippen LogP contribution is -2.30. The van der Waals surface area contributed by atoms with Crippen molar-refractivity contribution in [2.75, 3.05) is 13.2 Å². The third kappa shape index (κ3) is 2.72. The molecule has 0 bridgehead atoms. The normalized spacial score (nSPS) is 16.9. The fourth-order valence-corrected chi connectivity index (χ4v) is 6.58. The number of hydrogen-bond acceptors (Lipinski definition) is 2. The molecule has 0 spiro atoms. The monoisotopic (exact) mass is 454 g/mol. The molecule has 2 aliphatic carbocycles. The molecule has 5 aromatic carbocycles. The Bertz CT molecular complexity index is 1600. The lowest BCUT2D eigenvalue weighted by Gasteiger charge is -2.30. The summed E-state index contributed by atoms with van der Waals surface area (Å²) >= 11 is 0. The molecule has 2 heteroatoms. The van der Waals surface area contributed by atoms with Gasteiger partial charge in [-0.1, -0.05) is 91.0 Å². The number of benzene rings is 5. The summed E-state index contributed by atoms with van der Waals surface area (Å²) in [4.78, 5) is 0. The average molecular weight is 455 g/mol. The summed E-state index contributed by atoms with van der Waals surface area (Å²) in [6, 6.07) is 34.9. The van der Waals surface area contributed by atoms with Crippen molar-refractivity contribution in [1.29, 1.82) is 0 Å². The Labute approximate surface area is 205 Å². The van der Waals surface area contributed by atoms with Crippen molar-refractivity contribution in [3.8, 4) is 44.5 Å². The number of fused-ring (bicyclic) bond motifs is 6. The molecular formula is C33H26O2. The highest BCUT2D eigenvalue weighted by atomic mass is 16.3.